The third kappa shape index (κ3) is 3.02. The van der Waals surface area contributed by atoms with E-state index in [0.29, 0.717) is 0 Å². The molecule has 0 spiro atoms. The van der Waals surface area contributed by atoms with E-state index in [1.54, 1.807) is 12.4 Å². The number of hydrogen-bond donors (Lipinski definition) is 2. The summed E-state index contributed by atoms with van der Waals surface area (Å²) >= 11 is 3.36. The van der Waals surface area contributed by atoms with Crippen LogP contribution in [-0.4, -0.2) is 26.7 Å². The highest BCUT2D eigenvalue weighted by Crippen LogP contribution is 2.13. The Kier molecular flexibility index (Phi) is 3.29. The zero-order valence-corrected chi connectivity index (χ0v) is 9.53. The molecule has 0 fully saturated rings. The zero-order chi connectivity index (χ0) is 10.5. The Hall–Kier alpha value is -1.43. The molecule has 0 bridgehead atoms. The fourth-order valence-corrected chi connectivity index (χ4v) is 1.55. The molecule has 0 saturated carbocycles. The lowest BCUT2D eigenvalue weighted by atomic mass is 10.3. The third-order valence-corrected chi connectivity index (χ3v) is 2.29. The van der Waals surface area contributed by atoms with Crippen LogP contribution in [0.25, 0.3) is 0 Å². The first-order chi connectivity index (χ1) is 7.34. The number of nitrogens with one attached hydrogen (secondary N) is 2. The first-order valence-electron chi connectivity index (χ1n) is 4.53. The molecule has 2 N–H and O–H groups in total. The van der Waals surface area contributed by atoms with Crippen LogP contribution in [0.3, 0.4) is 0 Å². The molecule has 0 atom stereocenters. The summed E-state index contributed by atoms with van der Waals surface area (Å²) in [5, 5.41) is 9.83. The minimum atomic E-state index is 0.799. The summed E-state index contributed by atoms with van der Waals surface area (Å²) < 4.78 is 0.965. The van der Waals surface area contributed by atoms with Gasteiger partial charge in [0.2, 0.25) is 0 Å². The van der Waals surface area contributed by atoms with E-state index in [1.165, 1.54) is 6.33 Å². The predicted octanol–water partition coefficient (Wildman–Crippen LogP) is 1.62. The molecule has 5 nitrogen and oxygen atoms in total. The quantitative estimate of drug-likeness (QED) is 0.884. The van der Waals surface area contributed by atoms with Crippen LogP contribution in [0.15, 0.2) is 29.3 Å². The van der Waals surface area contributed by atoms with Crippen molar-refractivity contribution in [2.75, 3.05) is 11.9 Å². The Morgan fingerprint density at radius 3 is 3.07 bits per heavy atom. The fraction of sp³-hybridized carbons (Fsp3) is 0.222. The number of halogens is 1. The lowest BCUT2D eigenvalue weighted by Crippen LogP contribution is -2.06. The average Bonchev–Trinajstić information content (AvgIpc) is 2.71. The Balaban J connectivity index is 1.83. The molecule has 2 aromatic heterocycles. The van der Waals surface area contributed by atoms with Gasteiger partial charge >= 0.3 is 0 Å². The minimum Gasteiger partial charge on any atom is -0.383 e. The molecule has 2 heterocycles. The van der Waals surface area contributed by atoms with Crippen molar-refractivity contribution in [3.63, 3.8) is 0 Å². The SMILES string of the molecule is Brc1cncc(NCCc2ncn[nH]2)c1. The van der Waals surface area contributed by atoms with Crippen LogP contribution in [0.4, 0.5) is 5.69 Å². The van der Waals surface area contributed by atoms with Crippen molar-refractivity contribution in [2.45, 2.75) is 6.42 Å². The lowest BCUT2D eigenvalue weighted by molar-refractivity contribution is 0.900. The van der Waals surface area contributed by atoms with Crippen LogP contribution in [0.1, 0.15) is 5.82 Å². The molecule has 0 unspecified atom stereocenters. The summed E-state index contributed by atoms with van der Waals surface area (Å²) in [6, 6.07) is 1.98. The van der Waals surface area contributed by atoms with Gasteiger partial charge in [0.15, 0.2) is 0 Å². The van der Waals surface area contributed by atoms with Crippen molar-refractivity contribution in [1.82, 2.24) is 20.2 Å². The van der Waals surface area contributed by atoms with Crippen LogP contribution >= 0.6 is 15.9 Å². The second-order valence-corrected chi connectivity index (χ2v) is 3.92. The minimum absolute atomic E-state index is 0.799. The highest BCUT2D eigenvalue weighted by molar-refractivity contribution is 9.10. The Labute approximate surface area is 95.5 Å². The summed E-state index contributed by atoms with van der Waals surface area (Å²) in [6.07, 6.45) is 5.86. The Bertz CT molecular complexity index is 414. The third-order valence-electron chi connectivity index (χ3n) is 1.86. The van der Waals surface area contributed by atoms with Gasteiger partial charge < -0.3 is 5.32 Å². The van der Waals surface area contributed by atoms with Gasteiger partial charge in [-0.1, -0.05) is 0 Å². The van der Waals surface area contributed by atoms with Gasteiger partial charge in [0.25, 0.3) is 0 Å². The molecule has 0 aliphatic rings. The summed E-state index contributed by atoms with van der Waals surface area (Å²) in [4.78, 5) is 8.09. The molecule has 2 rings (SSSR count). The number of rotatable bonds is 4. The molecular weight excluding hydrogens is 258 g/mol. The zero-order valence-electron chi connectivity index (χ0n) is 7.94. The van der Waals surface area contributed by atoms with Crippen LogP contribution in [0, 0.1) is 0 Å². The normalized spacial score (nSPS) is 10.2. The van der Waals surface area contributed by atoms with Crippen LogP contribution in [0.2, 0.25) is 0 Å². The van der Waals surface area contributed by atoms with Gasteiger partial charge in [-0.25, -0.2) is 4.98 Å². The number of nitrogens with zero attached hydrogens (tertiary/aromatic N) is 3. The van der Waals surface area contributed by atoms with E-state index in [2.05, 4.69) is 41.4 Å². The van der Waals surface area contributed by atoms with Crippen molar-refractivity contribution in [3.05, 3.63) is 35.1 Å². The predicted molar refractivity (Wildman–Crippen MR) is 60.5 cm³/mol. The van der Waals surface area contributed by atoms with Gasteiger partial charge in [0.05, 0.1) is 11.9 Å². The maximum Gasteiger partial charge on any atom is 0.137 e. The molecular formula is C9H10BrN5. The number of hydrogen-bond acceptors (Lipinski definition) is 4. The molecule has 0 aliphatic carbocycles. The van der Waals surface area contributed by atoms with Crippen molar-refractivity contribution < 1.29 is 0 Å². The monoisotopic (exact) mass is 267 g/mol. The number of anilines is 1. The summed E-state index contributed by atoms with van der Waals surface area (Å²) in [7, 11) is 0. The van der Waals surface area contributed by atoms with Crippen molar-refractivity contribution in [3.8, 4) is 0 Å². The van der Waals surface area contributed by atoms with E-state index in [9.17, 15) is 0 Å². The van der Waals surface area contributed by atoms with Crippen LogP contribution in [-0.2, 0) is 6.42 Å². The molecule has 0 amide bonds. The topological polar surface area (TPSA) is 66.5 Å². The van der Waals surface area contributed by atoms with Crippen molar-refractivity contribution in [2.24, 2.45) is 0 Å². The molecule has 0 aromatic carbocycles. The van der Waals surface area contributed by atoms with E-state index in [0.717, 1.165) is 29.0 Å². The smallest absolute Gasteiger partial charge is 0.137 e. The van der Waals surface area contributed by atoms with Gasteiger partial charge in [0.1, 0.15) is 12.2 Å². The van der Waals surface area contributed by atoms with E-state index >= 15 is 0 Å². The summed E-state index contributed by atoms with van der Waals surface area (Å²) in [6.45, 7) is 0.799. The van der Waals surface area contributed by atoms with Gasteiger partial charge in [-0.3, -0.25) is 10.1 Å². The number of H-pyrrole nitrogens is 1. The van der Waals surface area contributed by atoms with E-state index in [4.69, 9.17) is 0 Å². The Morgan fingerprint density at radius 1 is 1.40 bits per heavy atom. The maximum absolute atomic E-state index is 4.05. The molecule has 15 heavy (non-hydrogen) atoms. The maximum atomic E-state index is 4.05. The number of pyridine rings is 1. The van der Waals surface area contributed by atoms with Gasteiger partial charge in [-0.15, -0.1) is 0 Å². The highest BCUT2D eigenvalue weighted by Gasteiger charge is 1.96. The highest BCUT2D eigenvalue weighted by atomic mass is 79.9. The van der Waals surface area contributed by atoms with Crippen molar-refractivity contribution >= 4 is 21.6 Å². The van der Waals surface area contributed by atoms with Gasteiger partial charge in [-0.2, -0.15) is 5.10 Å². The van der Waals surface area contributed by atoms with E-state index in [1.807, 2.05) is 6.07 Å². The first kappa shape index (κ1) is 10.1. The second-order valence-electron chi connectivity index (χ2n) is 3.00. The van der Waals surface area contributed by atoms with Crippen molar-refractivity contribution in [1.29, 1.82) is 0 Å². The van der Waals surface area contributed by atoms with E-state index in [-0.39, 0.29) is 0 Å². The molecule has 0 radical (unpaired) electrons. The molecule has 0 aliphatic heterocycles. The molecule has 78 valence electrons. The van der Waals surface area contributed by atoms with Crippen LogP contribution < -0.4 is 5.32 Å². The van der Waals surface area contributed by atoms with Gasteiger partial charge in [0, 0.05) is 23.6 Å². The Morgan fingerprint density at radius 2 is 2.33 bits per heavy atom. The molecule has 6 heteroatoms. The standard InChI is InChI=1S/C9H10BrN5/c10-7-3-8(5-11-4-7)12-2-1-9-13-6-14-15-9/h3-6,12H,1-2H2,(H,13,14,15). The summed E-state index contributed by atoms with van der Waals surface area (Å²) in [5.74, 6) is 0.880. The number of aromatic nitrogens is 4. The lowest BCUT2D eigenvalue weighted by Gasteiger charge is -2.04. The van der Waals surface area contributed by atoms with E-state index < -0.39 is 0 Å². The number of aromatic amines is 1. The first-order valence-corrected chi connectivity index (χ1v) is 5.32. The van der Waals surface area contributed by atoms with Gasteiger partial charge in [-0.05, 0) is 22.0 Å². The molecule has 2 aromatic rings. The molecule has 0 saturated heterocycles. The summed E-state index contributed by atoms with van der Waals surface area (Å²) in [5.41, 5.74) is 0.990. The van der Waals surface area contributed by atoms with Crippen LogP contribution in [0.5, 0.6) is 0 Å². The average molecular weight is 268 g/mol. The fourth-order valence-electron chi connectivity index (χ4n) is 1.19. The second kappa shape index (κ2) is 4.88. The largest absolute Gasteiger partial charge is 0.383 e.